The van der Waals surface area contributed by atoms with Gasteiger partial charge in [0.1, 0.15) is 6.10 Å². The summed E-state index contributed by atoms with van der Waals surface area (Å²) in [5.74, 6) is 0.869. The number of carbonyl (C=O) groups excluding carboxylic acids is 1. The highest BCUT2D eigenvalue weighted by atomic mass is 35.5. The molecule has 19 heavy (non-hydrogen) atoms. The molecule has 2 atom stereocenters. The smallest absolute Gasteiger partial charge is 0.339 e. The van der Waals surface area contributed by atoms with Crippen LogP contribution in [0.1, 0.15) is 43.5 Å². The lowest BCUT2D eigenvalue weighted by molar-refractivity contribution is 0.00805. The first kappa shape index (κ1) is 14.7. The zero-order valence-electron chi connectivity index (χ0n) is 11.2. The number of esters is 1. The molecular formula is C15H19ClO2S. The summed E-state index contributed by atoms with van der Waals surface area (Å²) >= 11 is 10.3. The number of carbonyl (C=O) groups is 1. The van der Waals surface area contributed by atoms with Gasteiger partial charge in [0.15, 0.2) is 0 Å². The predicted molar refractivity (Wildman–Crippen MR) is 80.1 cm³/mol. The summed E-state index contributed by atoms with van der Waals surface area (Å²) in [6.45, 7) is 4.41. The Kier molecular flexibility index (Phi) is 4.80. The molecule has 0 saturated heterocycles. The van der Waals surface area contributed by atoms with Crippen molar-refractivity contribution in [1.29, 1.82) is 0 Å². The summed E-state index contributed by atoms with van der Waals surface area (Å²) in [7, 11) is 0. The van der Waals surface area contributed by atoms with Crippen molar-refractivity contribution in [2.24, 2.45) is 11.8 Å². The van der Waals surface area contributed by atoms with E-state index >= 15 is 0 Å². The SMILES string of the molecule is CC1CC(C)CC(OC(=O)c2cc(S)ccc2Cl)C1. The molecule has 1 aromatic carbocycles. The predicted octanol–water partition coefficient (Wildman–Crippen LogP) is 4.61. The summed E-state index contributed by atoms with van der Waals surface area (Å²) in [4.78, 5) is 12.9. The van der Waals surface area contributed by atoms with Gasteiger partial charge in [-0.25, -0.2) is 4.79 Å². The van der Waals surface area contributed by atoms with Crippen molar-refractivity contribution in [3.8, 4) is 0 Å². The lowest BCUT2D eigenvalue weighted by Crippen LogP contribution is -2.28. The highest BCUT2D eigenvalue weighted by Gasteiger charge is 2.27. The second-order valence-electron chi connectivity index (χ2n) is 5.61. The fourth-order valence-corrected chi connectivity index (χ4v) is 3.25. The Bertz CT molecular complexity index is 465. The monoisotopic (exact) mass is 298 g/mol. The van der Waals surface area contributed by atoms with Crippen molar-refractivity contribution in [1.82, 2.24) is 0 Å². The molecule has 4 heteroatoms. The van der Waals surface area contributed by atoms with Gasteiger partial charge in [0.2, 0.25) is 0 Å². The third-order valence-corrected chi connectivity index (χ3v) is 4.19. The molecule has 0 bridgehead atoms. The average Bonchev–Trinajstić information content (AvgIpc) is 2.30. The van der Waals surface area contributed by atoms with Gasteiger partial charge in [-0.1, -0.05) is 25.4 Å². The molecule has 0 aliphatic heterocycles. The Morgan fingerprint density at radius 1 is 1.26 bits per heavy atom. The molecule has 1 aliphatic rings. The van der Waals surface area contributed by atoms with Gasteiger partial charge in [-0.15, -0.1) is 12.6 Å². The summed E-state index contributed by atoms with van der Waals surface area (Å²) in [5, 5.41) is 0.416. The minimum atomic E-state index is -0.341. The number of thiol groups is 1. The van der Waals surface area contributed by atoms with Crippen LogP contribution in [0.25, 0.3) is 0 Å². The highest BCUT2D eigenvalue weighted by Crippen LogP contribution is 2.31. The molecule has 0 heterocycles. The molecule has 2 rings (SSSR count). The van der Waals surface area contributed by atoms with Gasteiger partial charge in [-0.3, -0.25) is 0 Å². The Hall–Kier alpha value is -0.670. The Labute approximate surface area is 124 Å². The van der Waals surface area contributed by atoms with Gasteiger partial charge in [0.05, 0.1) is 10.6 Å². The summed E-state index contributed by atoms with van der Waals surface area (Å²) < 4.78 is 5.60. The van der Waals surface area contributed by atoms with Gasteiger partial charge in [-0.2, -0.15) is 0 Å². The van der Waals surface area contributed by atoms with Crippen molar-refractivity contribution in [3.63, 3.8) is 0 Å². The van der Waals surface area contributed by atoms with Crippen molar-refractivity contribution < 1.29 is 9.53 Å². The van der Waals surface area contributed by atoms with E-state index in [0.29, 0.717) is 27.3 Å². The lowest BCUT2D eigenvalue weighted by atomic mass is 9.82. The van der Waals surface area contributed by atoms with Crippen molar-refractivity contribution >= 4 is 30.2 Å². The standard InChI is InChI=1S/C15H19ClO2S/c1-9-5-10(2)7-11(6-9)18-15(17)13-8-12(19)3-4-14(13)16/h3-4,8-11,19H,5-7H2,1-2H3. The minimum Gasteiger partial charge on any atom is -0.459 e. The molecule has 0 spiro atoms. The van der Waals surface area contributed by atoms with E-state index in [1.807, 2.05) is 0 Å². The zero-order chi connectivity index (χ0) is 14.0. The minimum absolute atomic E-state index is 0.00545. The first-order chi connectivity index (χ1) is 8.95. The van der Waals surface area contributed by atoms with Gasteiger partial charge in [0, 0.05) is 4.90 Å². The summed E-state index contributed by atoms with van der Waals surface area (Å²) in [5.41, 5.74) is 0.403. The number of halogens is 1. The fraction of sp³-hybridized carbons (Fsp3) is 0.533. The number of rotatable bonds is 2. The normalized spacial score (nSPS) is 27.1. The van der Waals surface area contributed by atoms with Crippen LogP contribution in [0.15, 0.2) is 23.1 Å². The molecule has 0 aromatic heterocycles. The third kappa shape index (κ3) is 3.90. The van der Waals surface area contributed by atoms with E-state index < -0.39 is 0 Å². The van der Waals surface area contributed by atoms with Crippen LogP contribution in [0, 0.1) is 11.8 Å². The third-order valence-electron chi connectivity index (χ3n) is 3.58. The van der Waals surface area contributed by atoms with Crippen LogP contribution in [-0.2, 0) is 4.74 Å². The second kappa shape index (κ2) is 6.19. The lowest BCUT2D eigenvalue weighted by Gasteiger charge is -2.31. The molecule has 104 valence electrons. The van der Waals surface area contributed by atoms with E-state index in [1.54, 1.807) is 18.2 Å². The first-order valence-corrected chi connectivity index (χ1v) is 7.47. The number of benzene rings is 1. The van der Waals surface area contributed by atoms with E-state index in [4.69, 9.17) is 16.3 Å². The summed E-state index contributed by atoms with van der Waals surface area (Å²) in [6, 6.07) is 5.09. The highest BCUT2D eigenvalue weighted by molar-refractivity contribution is 7.80. The molecule has 1 aromatic rings. The molecule has 0 N–H and O–H groups in total. The number of ether oxygens (including phenoxy) is 1. The molecule has 1 aliphatic carbocycles. The molecule has 0 radical (unpaired) electrons. The largest absolute Gasteiger partial charge is 0.459 e. The topological polar surface area (TPSA) is 26.3 Å². The van der Waals surface area contributed by atoms with Crippen LogP contribution in [0.5, 0.6) is 0 Å². The zero-order valence-corrected chi connectivity index (χ0v) is 12.9. The van der Waals surface area contributed by atoms with Crippen molar-refractivity contribution in [3.05, 3.63) is 28.8 Å². The second-order valence-corrected chi connectivity index (χ2v) is 6.53. The van der Waals surface area contributed by atoms with Crippen LogP contribution >= 0.6 is 24.2 Å². The maximum absolute atomic E-state index is 12.2. The van der Waals surface area contributed by atoms with Crippen LogP contribution in [0.4, 0.5) is 0 Å². The molecule has 1 fully saturated rings. The quantitative estimate of drug-likeness (QED) is 0.637. The first-order valence-electron chi connectivity index (χ1n) is 6.65. The van der Waals surface area contributed by atoms with Gasteiger partial charge >= 0.3 is 5.97 Å². The Morgan fingerprint density at radius 2 is 1.89 bits per heavy atom. The molecule has 2 unspecified atom stereocenters. The van der Waals surface area contributed by atoms with E-state index in [0.717, 1.165) is 12.8 Å². The van der Waals surface area contributed by atoms with Crippen LogP contribution in [0.3, 0.4) is 0 Å². The molecule has 2 nitrogen and oxygen atoms in total. The van der Waals surface area contributed by atoms with Crippen LogP contribution in [0.2, 0.25) is 5.02 Å². The molecule has 1 saturated carbocycles. The van der Waals surface area contributed by atoms with Crippen LogP contribution < -0.4 is 0 Å². The van der Waals surface area contributed by atoms with Crippen molar-refractivity contribution in [2.75, 3.05) is 0 Å². The maximum Gasteiger partial charge on any atom is 0.339 e. The van der Waals surface area contributed by atoms with Gasteiger partial charge in [-0.05, 0) is 49.3 Å². The van der Waals surface area contributed by atoms with Gasteiger partial charge < -0.3 is 4.74 Å². The summed E-state index contributed by atoms with van der Waals surface area (Å²) in [6.07, 6.45) is 3.09. The Morgan fingerprint density at radius 3 is 2.53 bits per heavy atom. The van der Waals surface area contributed by atoms with E-state index in [2.05, 4.69) is 26.5 Å². The van der Waals surface area contributed by atoms with Crippen molar-refractivity contribution in [2.45, 2.75) is 44.1 Å². The van der Waals surface area contributed by atoms with Gasteiger partial charge in [0.25, 0.3) is 0 Å². The number of hydrogen-bond donors (Lipinski definition) is 1. The number of hydrogen-bond acceptors (Lipinski definition) is 3. The average molecular weight is 299 g/mol. The van der Waals surface area contributed by atoms with E-state index in [9.17, 15) is 4.79 Å². The maximum atomic E-state index is 12.2. The van der Waals surface area contributed by atoms with E-state index in [-0.39, 0.29) is 12.1 Å². The Balaban J connectivity index is 2.06. The fourth-order valence-electron chi connectivity index (χ4n) is 2.85. The van der Waals surface area contributed by atoms with E-state index in [1.165, 1.54) is 6.42 Å². The molecule has 0 amide bonds. The molecular weight excluding hydrogens is 280 g/mol. The van der Waals surface area contributed by atoms with Crippen LogP contribution in [-0.4, -0.2) is 12.1 Å².